The number of carbonyl (C=O) groups is 1. The van der Waals surface area contributed by atoms with Gasteiger partial charge in [0.25, 0.3) is 0 Å². The Hall–Kier alpha value is -2.01. The van der Waals surface area contributed by atoms with Crippen LogP contribution in [0.5, 0.6) is 0 Å². The van der Waals surface area contributed by atoms with Gasteiger partial charge in [0.15, 0.2) is 0 Å². The quantitative estimate of drug-likeness (QED) is 0.890. The number of nitrogen functional groups attached to an aromatic ring is 1. The van der Waals surface area contributed by atoms with Gasteiger partial charge in [-0.05, 0) is 30.5 Å². The molecule has 0 saturated carbocycles. The lowest BCUT2D eigenvalue weighted by molar-refractivity contribution is -0.115. The van der Waals surface area contributed by atoms with Gasteiger partial charge in [-0.3, -0.25) is 9.78 Å². The number of aromatic nitrogens is 1. The summed E-state index contributed by atoms with van der Waals surface area (Å²) in [5.74, 6) is 0.0381. The first kappa shape index (κ1) is 13.0. The Kier molecular flexibility index (Phi) is 3.60. The number of pyridine rings is 1. The summed E-state index contributed by atoms with van der Waals surface area (Å²) < 4.78 is 0. The molecule has 1 aliphatic rings. The normalized spacial score (nSPS) is 18.0. The minimum Gasteiger partial charge on any atom is -0.397 e. The molecule has 1 atom stereocenters. The Bertz CT molecular complexity index is 645. The molecule has 3 N–H and O–H groups in total. The number of carbonyl (C=O) groups excluding carboxylic acids is 1. The molecular formula is C15H15N3OS. The molecule has 2 heterocycles. The number of para-hydroxylation sites is 1. The lowest BCUT2D eigenvalue weighted by Crippen LogP contribution is -2.23. The molecule has 5 heteroatoms. The highest BCUT2D eigenvalue weighted by Crippen LogP contribution is 2.33. The molecular weight excluding hydrogens is 270 g/mol. The smallest absolute Gasteiger partial charge is 0.237 e. The summed E-state index contributed by atoms with van der Waals surface area (Å²) in [7, 11) is 0. The highest BCUT2D eigenvalue weighted by molar-refractivity contribution is 8.00. The molecule has 0 radical (unpaired) electrons. The number of rotatable bonds is 2. The van der Waals surface area contributed by atoms with Crippen molar-refractivity contribution in [1.82, 2.24) is 4.98 Å². The van der Waals surface area contributed by atoms with Crippen LogP contribution in [0.25, 0.3) is 0 Å². The van der Waals surface area contributed by atoms with Gasteiger partial charge in [-0.25, -0.2) is 0 Å². The molecule has 0 aliphatic carbocycles. The molecule has 0 spiro atoms. The minimum atomic E-state index is -0.132. The lowest BCUT2D eigenvalue weighted by Gasteiger charge is -2.13. The summed E-state index contributed by atoms with van der Waals surface area (Å²) in [4.78, 5) is 17.2. The SMILES string of the molecule is Nc1cnccc1SC1CCc2ccccc2NC1=O. The van der Waals surface area contributed by atoms with Gasteiger partial charge in [-0.15, -0.1) is 11.8 Å². The van der Waals surface area contributed by atoms with E-state index in [0.717, 1.165) is 23.4 Å². The summed E-state index contributed by atoms with van der Waals surface area (Å²) >= 11 is 1.51. The number of anilines is 2. The van der Waals surface area contributed by atoms with Gasteiger partial charge in [0.2, 0.25) is 5.91 Å². The van der Waals surface area contributed by atoms with Gasteiger partial charge in [-0.2, -0.15) is 0 Å². The van der Waals surface area contributed by atoms with E-state index in [1.807, 2.05) is 24.3 Å². The highest BCUT2D eigenvalue weighted by Gasteiger charge is 2.24. The van der Waals surface area contributed by atoms with E-state index in [4.69, 9.17) is 5.73 Å². The van der Waals surface area contributed by atoms with E-state index in [0.29, 0.717) is 5.69 Å². The maximum absolute atomic E-state index is 12.3. The van der Waals surface area contributed by atoms with Crippen LogP contribution in [0.15, 0.2) is 47.6 Å². The zero-order valence-electron chi connectivity index (χ0n) is 10.9. The Balaban J connectivity index is 1.80. The van der Waals surface area contributed by atoms with E-state index in [1.165, 1.54) is 17.3 Å². The van der Waals surface area contributed by atoms with Crippen molar-refractivity contribution in [2.24, 2.45) is 0 Å². The molecule has 1 amide bonds. The first-order valence-corrected chi connectivity index (χ1v) is 7.37. The number of hydrogen-bond donors (Lipinski definition) is 2. The van der Waals surface area contributed by atoms with E-state index in [1.54, 1.807) is 12.4 Å². The van der Waals surface area contributed by atoms with Gasteiger partial charge < -0.3 is 11.1 Å². The van der Waals surface area contributed by atoms with E-state index < -0.39 is 0 Å². The van der Waals surface area contributed by atoms with Crippen molar-refractivity contribution >= 4 is 29.0 Å². The van der Waals surface area contributed by atoms with Crippen LogP contribution < -0.4 is 11.1 Å². The minimum absolute atomic E-state index is 0.0381. The third kappa shape index (κ3) is 2.63. The molecule has 1 aliphatic heterocycles. The molecule has 2 aromatic rings. The second kappa shape index (κ2) is 5.54. The van der Waals surface area contributed by atoms with Crippen LogP contribution in [0.1, 0.15) is 12.0 Å². The van der Waals surface area contributed by atoms with Crippen molar-refractivity contribution in [2.45, 2.75) is 23.0 Å². The summed E-state index contributed by atoms with van der Waals surface area (Å²) in [6.45, 7) is 0. The van der Waals surface area contributed by atoms with Crippen LogP contribution in [0.3, 0.4) is 0 Å². The van der Waals surface area contributed by atoms with Crippen LogP contribution in [0.2, 0.25) is 0 Å². The number of nitrogens with zero attached hydrogens (tertiary/aromatic N) is 1. The van der Waals surface area contributed by atoms with Gasteiger partial charge in [0, 0.05) is 16.8 Å². The van der Waals surface area contributed by atoms with Crippen molar-refractivity contribution in [3.63, 3.8) is 0 Å². The third-order valence-corrected chi connectivity index (χ3v) is 4.68. The zero-order valence-corrected chi connectivity index (χ0v) is 11.7. The molecule has 0 fully saturated rings. The number of nitrogens with one attached hydrogen (secondary N) is 1. The van der Waals surface area contributed by atoms with E-state index >= 15 is 0 Å². The molecule has 1 aromatic carbocycles. The van der Waals surface area contributed by atoms with Crippen molar-refractivity contribution in [2.75, 3.05) is 11.1 Å². The third-order valence-electron chi connectivity index (χ3n) is 3.32. The summed E-state index contributed by atoms with van der Waals surface area (Å²) in [6.07, 6.45) is 5.00. The maximum Gasteiger partial charge on any atom is 0.237 e. The van der Waals surface area contributed by atoms with Gasteiger partial charge in [0.05, 0.1) is 17.1 Å². The van der Waals surface area contributed by atoms with Crippen LogP contribution in [0, 0.1) is 0 Å². The number of hydrogen-bond acceptors (Lipinski definition) is 4. The molecule has 0 bridgehead atoms. The Morgan fingerprint density at radius 3 is 3.00 bits per heavy atom. The van der Waals surface area contributed by atoms with E-state index in [2.05, 4.69) is 16.4 Å². The van der Waals surface area contributed by atoms with Crippen LogP contribution in [-0.4, -0.2) is 16.1 Å². The fraction of sp³-hybridized carbons (Fsp3) is 0.200. The van der Waals surface area contributed by atoms with E-state index in [-0.39, 0.29) is 11.2 Å². The van der Waals surface area contributed by atoms with Gasteiger partial charge >= 0.3 is 0 Å². The second-order valence-corrected chi connectivity index (χ2v) is 5.95. The molecule has 4 nitrogen and oxygen atoms in total. The Morgan fingerprint density at radius 1 is 1.30 bits per heavy atom. The molecule has 0 saturated heterocycles. The van der Waals surface area contributed by atoms with Crippen molar-refractivity contribution in [3.8, 4) is 0 Å². The fourth-order valence-electron chi connectivity index (χ4n) is 2.26. The summed E-state index contributed by atoms with van der Waals surface area (Å²) in [5.41, 5.74) is 8.62. The average molecular weight is 285 g/mol. The molecule has 1 aromatic heterocycles. The van der Waals surface area contributed by atoms with Gasteiger partial charge in [0.1, 0.15) is 0 Å². The Labute approximate surface area is 121 Å². The van der Waals surface area contributed by atoms with Crippen LogP contribution >= 0.6 is 11.8 Å². The number of thioether (sulfide) groups is 1. The highest BCUT2D eigenvalue weighted by atomic mass is 32.2. The first-order chi connectivity index (χ1) is 9.74. The van der Waals surface area contributed by atoms with Crippen molar-refractivity contribution in [3.05, 3.63) is 48.3 Å². The summed E-state index contributed by atoms with van der Waals surface area (Å²) in [5, 5.41) is 2.86. The molecule has 1 unspecified atom stereocenters. The largest absolute Gasteiger partial charge is 0.397 e. The summed E-state index contributed by atoms with van der Waals surface area (Å²) in [6, 6.07) is 9.79. The first-order valence-electron chi connectivity index (χ1n) is 6.49. The predicted molar refractivity (Wildman–Crippen MR) is 81.7 cm³/mol. The molecule has 102 valence electrons. The monoisotopic (exact) mass is 285 g/mol. The topological polar surface area (TPSA) is 68.0 Å². The Morgan fingerprint density at radius 2 is 2.15 bits per heavy atom. The van der Waals surface area contributed by atoms with Gasteiger partial charge in [-0.1, -0.05) is 18.2 Å². The maximum atomic E-state index is 12.3. The van der Waals surface area contributed by atoms with Crippen LogP contribution in [-0.2, 0) is 11.2 Å². The molecule has 3 rings (SSSR count). The number of benzene rings is 1. The lowest BCUT2D eigenvalue weighted by atomic mass is 10.1. The predicted octanol–water partition coefficient (Wildman–Crippen LogP) is 2.71. The molecule has 20 heavy (non-hydrogen) atoms. The van der Waals surface area contributed by atoms with Crippen LogP contribution in [0.4, 0.5) is 11.4 Å². The number of nitrogens with two attached hydrogens (primary N) is 1. The second-order valence-electron chi connectivity index (χ2n) is 4.71. The van der Waals surface area contributed by atoms with Crippen molar-refractivity contribution in [1.29, 1.82) is 0 Å². The average Bonchev–Trinajstić information content (AvgIpc) is 2.61. The number of aryl methyl sites for hydroxylation is 1. The number of amides is 1. The van der Waals surface area contributed by atoms with E-state index in [9.17, 15) is 4.79 Å². The fourth-order valence-corrected chi connectivity index (χ4v) is 3.29. The van der Waals surface area contributed by atoms with Crippen molar-refractivity contribution < 1.29 is 4.79 Å². The zero-order chi connectivity index (χ0) is 13.9. The standard InChI is InChI=1S/C15H15N3OS/c16-11-9-17-8-7-13(11)20-14-6-5-10-3-1-2-4-12(10)18-15(14)19/h1-4,7-9,14H,5-6,16H2,(H,18,19). The number of fused-ring (bicyclic) bond motifs is 1.